The molecule has 0 N–H and O–H groups in total. The molecule has 4 rings (SSSR count). The summed E-state index contributed by atoms with van der Waals surface area (Å²) in [7, 11) is 1.53. The van der Waals surface area contributed by atoms with Crippen LogP contribution in [0.3, 0.4) is 0 Å². The Hall–Kier alpha value is -3.56. The molecule has 1 aliphatic rings. The van der Waals surface area contributed by atoms with E-state index in [1.165, 1.54) is 30.2 Å². The van der Waals surface area contributed by atoms with Crippen molar-refractivity contribution in [2.24, 2.45) is 7.05 Å². The number of rotatable bonds is 3. The molecule has 0 aromatic carbocycles. The van der Waals surface area contributed by atoms with Crippen LogP contribution in [0.2, 0.25) is 0 Å². The van der Waals surface area contributed by atoms with Crippen molar-refractivity contribution in [3.05, 3.63) is 58.5 Å². The lowest BCUT2D eigenvalue weighted by molar-refractivity contribution is 0.0738. The molecule has 1 amide bonds. The molecule has 1 saturated heterocycles. The highest BCUT2D eigenvalue weighted by Gasteiger charge is 2.24. The van der Waals surface area contributed by atoms with E-state index in [1.807, 2.05) is 25.3 Å². The zero-order valence-electron chi connectivity index (χ0n) is 15.7. The number of nitrogens with zero attached hydrogens (tertiary/aromatic N) is 8. The van der Waals surface area contributed by atoms with Crippen LogP contribution in [-0.2, 0) is 7.05 Å². The van der Waals surface area contributed by atoms with Gasteiger partial charge in [0, 0.05) is 51.6 Å². The summed E-state index contributed by atoms with van der Waals surface area (Å²) in [6.07, 6.45) is 3.38. The van der Waals surface area contributed by atoms with Gasteiger partial charge in [0.25, 0.3) is 11.5 Å². The van der Waals surface area contributed by atoms with Gasteiger partial charge >= 0.3 is 0 Å². The molecule has 4 heterocycles. The van der Waals surface area contributed by atoms with Crippen molar-refractivity contribution in [1.29, 1.82) is 0 Å². The maximum Gasteiger partial charge on any atom is 0.274 e. The summed E-state index contributed by atoms with van der Waals surface area (Å²) in [5.41, 5.74) is 0.946. The summed E-state index contributed by atoms with van der Waals surface area (Å²) in [5.74, 6) is 1.32. The molecule has 0 spiro atoms. The molecule has 3 aromatic heterocycles. The van der Waals surface area contributed by atoms with Gasteiger partial charge in [-0.2, -0.15) is 10.2 Å². The minimum Gasteiger partial charge on any atom is -0.353 e. The van der Waals surface area contributed by atoms with Crippen molar-refractivity contribution in [2.75, 3.05) is 31.1 Å². The fourth-order valence-corrected chi connectivity index (χ4v) is 3.10. The highest BCUT2D eigenvalue weighted by atomic mass is 16.2. The largest absolute Gasteiger partial charge is 0.353 e. The molecule has 1 aliphatic heterocycles. The third-order valence-electron chi connectivity index (χ3n) is 4.67. The Balaban J connectivity index is 1.45. The zero-order valence-corrected chi connectivity index (χ0v) is 15.7. The van der Waals surface area contributed by atoms with Crippen LogP contribution >= 0.6 is 0 Å². The van der Waals surface area contributed by atoms with Gasteiger partial charge in [-0.1, -0.05) is 0 Å². The highest BCUT2D eigenvalue weighted by Crippen LogP contribution is 2.16. The topological polar surface area (TPSA) is 102 Å². The standard InChI is InChI=1S/C18H20N8O2/c1-13-5-6-26(21-13)16-11-15(19-12-20-16)24-7-9-25(10-8-24)18(28)14-3-4-17(27)23(2)22-14/h3-6,11-12H,7-10H2,1-2H3. The van der Waals surface area contributed by atoms with Gasteiger partial charge in [0.15, 0.2) is 5.82 Å². The fraction of sp³-hybridized carbons (Fsp3) is 0.333. The first-order chi connectivity index (χ1) is 13.5. The predicted octanol–water partition coefficient (Wildman–Crippen LogP) is 0.0268. The van der Waals surface area contributed by atoms with Crippen LogP contribution in [0.15, 0.2) is 41.6 Å². The first-order valence-electron chi connectivity index (χ1n) is 8.94. The third kappa shape index (κ3) is 3.48. The highest BCUT2D eigenvalue weighted by molar-refractivity contribution is 5.92. The van der Waals surface area contributed by atoms with E-state index >= 15 is 0 Å². The number of hydrogen-bond acceptors (Lipinski definition) is 7. The molecular formula is C18H20N8O2. The second-order valence-electron chi connectivity index (χ2n) is 6.60. The SMILES string of the molecule is Cc1ccn(-c2cc(N3CCN(C(=O)c4ccc(=O)n(C)n4)CC3)ncn2)n1. The first kappa shape index (κ1) is 17.8. The van der Waals surface area contributed by atoms with Crippen LogP contribution in [-0.4, -0.2) is 66.5 Å². The van der Waals surface area contributed by atoms with E-state index in [4.69, 9.17) is 0 Å². The number of aromatic nitrogens is 6. The Bertz CT molecular complexity index is 1070. The summed E-state index contributed by atoms with van der Waals surface area (Å²) in [5, 5.41) is 8.41. The monoisotopic (exact) mass is 380 g/mol. The average molecular weight is 380 g/mol. The van der Waals surface area contributed by atoms with E-state index in [2.05, 4.69) is 25.1 Å². The van der Waals surface area contributed by atoms with Crippen molar-refractivity contribution < 1.29 is 4.79 Å². The summed E-state index contributed by atoms with van der Waals surface area (Å²) < 4.78 is 2.88. The Morgan fingerprint density at radius 2 is 1.75 bits per heavy atom. The van der Waals surface area contributed by atoms with Gasteiger partial charge in [-0.3, -0.25) is 9.59 Å². The summed E-state index contributed by atoms with van der Waals surface area (Å²) in [6.45, 7) is 4.31. The van der Waals surface area contributed by atoms with Gasteiger partial charge in [-0.05, 0) is 19.1 Å². The van der Waals surface area contributed by atoms with Crippen molar-refractivity contribution in [1.82, 2.24) is 34.4 Å². The van der Waals surface area contributed by atoms with Crippen LogP contribution in [0.4, 0.5) is 5.82 Å². The van der Waals surface area contributed by atoms with Crippen molar-refractivity contribution in [3.63, 3.8) is 0 Å². The van der Waals surface area contributed by atoms with Gasteiger partial charge in [-0.15, -0.1) is 0 Å². The number of piperazine rings is 1. The van der Waals surface area contributed by atoms with E-state index in [0.717, 1.165) is 11.5 Å². The molecule has 144 valence electrons. The van der Waals surface area contributed by atoms with Gasteiger partial charge in [0.2, 0.25) is 0 Å². The zero-order chi connectivity index (χ0) is 19.7. The van der Waals surface area contributed by atoms with Crippen LogP contribution in [0.5, 0.6) is 0 Å². The van der Waals surface area contributed by atoms with Crippen molar-refractivity contribution >= 4 is 11.7 Å². The van der Waals surface area contributed by atoms with Crippen molar-refractivity contribution in [3.8, 4) is 5.82 Å². The second-order valence-corrected chi connectivity index (χ2v) is 6.60. The Morgan fingerprint density at radius 1 is 1.00 bits per heavy atom. The molecule has 0 aliphatic carbocycles. The smallest absolute Gasteiger partial charge is 0.274 e. The van der Waals surface area contributed by atoms with E-state index in [0.29, 0.717) is 32.0 Å². The van der Waals surface area contributed by atoms with E-state index < -0.39 is 0 Å². The quantitative estimate of drug-likeness (QED) is 0.631. The van der Waals surface area contributed by atoms with Gasteiger partial charge in [0.1, 0.15) is 17.8 Å². The molecule has 10 heteroatoms. The van der Waals surface area contributed by atoms with E-state index in [9.17, 15) is 9.59 Å². The van der Waals surface area contributed by atoms with Gasteiger partial charge < -0.3 is 9.80 Å². The lowest BCUT2D eigenvalue weighted by Gasteiger charge is -2.35. The lowest BCUT2D eigenvalue weighted by atomic mass is 10.2. The molecular weight excluding hydrogens is 360 g/mol. The number of aryl methyl sites for hydroxylation is 2. The lowest BCUT2D eigenvalue weighted by Crippen LogP contribution is -2.49. The maximum absolute atomic E-state index is 12.6. The molecule has 0 bridgehead atoms. The Morgan fingerprint density at radius 3 is 2.43 bits per heavy atom. The number of amides is 1. The molecule has 28 heavy (non-hydrogen) atoms. The van der Waals surface area contributed by atoms with Crippen molar-refractivity contribution in [2.45, 2.75) is 6.92 Å². The number of hydrogen-bond donors (Lipinski definition) is 0. The summed E-state index contributed by atoms with van der Waals surface area (Å²) in [4.78, 5) is 36.6. The summed E-state index contributed by atoms with van der Waals surface area (Å²) >= 11 is 0. The predicted molar refractivity (Wildman–Crippen MR) is 101 cm³/mol. The minimum absolute atomic E-state index is 0.175. The third-order valence-corrected chi connectivity index (χ3v) is 4.67. The van der Waals surface area contributed by atoms with E-state index in [-0.39, 0.29) is 17.2 Å². The molecule has 3 aromatic rings. The molecule has 0 unspecified atom stereocenters. The molecule has 0 atom stereocenters. The van der Waals surface area contributed by atoms with Crippen LogP contribution < -0.4 is 10.5 Å². The Labute approximate surface area is 161 Å². The number of anilines is 1. The number of carbonyl (C=O) groups excluding carboxylic acids is 1. The Kier molecular flexibility index (Phi) is 4.60. The second kappa shape index (κ2) is 7.22. The van der Waals surface area contributed by atoms with Gasteiger partial charge in [0.05, 0.1) is 5.69 Å². The fourth-order valence-electron chi connectivity index (χ4n) is 3.10. The molecule has 10 nitrogen and oxygen atoms in total. The normalized spacial score (nSPS) is 14.4. The maximum atomic E-state index is 12.6. The van der Waals surface area contributed by atoms with Crippen LogP contribution in [0, 0.1) is 6.92 Å². The molecule has 0 saturated carbocycles. The number of carbonyl (C=O) groups is 1. The molecule has 0 radical (unpaired) electrons. The van der Waals surface area contributed by atoms with Crippen LogP contribution in [0.1, 0.15) is 16.2 Å². The summed E-state index contributed by atoms with van der Waals surface area (Å²) in [6, 6.07) is 6.63. The average Bonchev–Trinajstić information content (AvgIpc) is 3.16. The first-order valence-corrected chi connectivity index (χ1v) is 8.94. The van der Waals surface area contributed by atoms with Crippen LogP contribution in [0.25, 0.3) is 5.82 Å². The minimum atomic E-state index is -0.242. The van der Waals surface area contributed by atoms with E-state index in [1.54, 1.807) is 9.58 Å². The molecule has 1 fully saturated rings. The van der Waals surface area contributed by atoms with Gasteiger partial charge in [-0.25, -0.2) is 19.3 Å².